The third-order valence-electron chi connectivity index (χ3n) is 4.20. The Morgan fingerprint density at radius 3 is 2.47 bits per heavy atom. The van der Waals surface area contributed by atoms with Crippen LogP contribution in [0.2, 0.25) is 0 Å². The minimum Gasteiger partial charge on any atom is -0.381 e. The van der Waals surface area contributed by atoms with E-state index in [4.69, 9.17) is 0 Å². The molecule has 0 saturated carbocycles. The van der Waals surface area contributed by atoms with Gasteiger partial charge in [0.2, 0.25) is 0 Å². The minimum atomic E-state index is 0.568. The van der Waals surface area contributed by atoms with Crippen molar-refractivity contribution in [1.82, 2.24) is 0 Å². The van der Waals surface area contributed by atoms with Crippen LogP contribution in [0.5, 0.6) is 0 Å². The fraction of sp³-hybridized carbons (Fsp3) is 0.333. The molecule has 0 bridgehead atoms. The fourth-order valence-electron chi connectivity index (χ4n) is 3.09. The van der Waals surface area contributed by atoms with E-state index < -0.39 is 0 Å². The van der Waals surface area contributed by atoms with Crippen LogP contribution in [-0.2, 0) is 6.42 Å². The highest BCUT2D eigenvalue weighted by molar-refractivity contribution is 5.59. The monoisotopic (exact) mass is 251 g/mol. The molecule has 0 spiro atoms. The van der Waals surface area contributed by atoms with Gasteiger partial charge in [0.1, 0.15) is 0 Å². The number of hydrogen-bond acceptors (Lipinski definition) is 1. The van der Waals surface area contributed by atoms with E-state index in [0.29, 0.717) is 12.0 Å². The summed E-state index contributed by atoms with van der Waals surface area (Å²) >= 11 is 0. The Kier molecular flexibility index (Phi) is 3.29. The molecule has 1 nitrogen and oxygen atoms in total. The maximum atomic E-state index is 3.67. The van der Waals surface area contributed by atoms with Crippen LogP contribution in [0.4, 0.5) is 5.69 Å². The lowest BCUT2D eigenvalue weighted by molar-refractivity contribution is 0.574. The smallest absolute Gasteiger partial charge is 0.0378 e. The first-order chi connectivity index (χ1) is 9.28. The Morgan fingerprint density at radius 2 is 1.74 bits per heavy atom. The lowest BCUT2D eigenvalue weighted by Gasteiger charge is -2.19. The van der Waals surface area contributed by atoms with Gasteiger partial charge in [-0.15, -0.1) is 0 Å². The average Bonchev–Trinajstić information content (AvgIpc) is 2.79. The molecule has 2 atom stereocenters. The van der Waals surface area contributed by atoms with Gasteiger partial charge in [0, 0.05) is 17.6 Å². The quantitative estimate of drug-likeness (QED) is 0.845. The van der Waals surface area contributed by atoms with Gasteiger partial charge in [-0.05, 0) is 37.0 Å². The van der Waals surface area contributed by atoms with E-state index in [1.54, 1.807) is 0 Å². The van der Waals surface area contributed by atoms with Crippen LogP contribution in [0.3, 0.4) is 0 Å². The molecule has 0 aliphatic carbocycles. The van der Waals surface area contributed by atoms with Gasteiger partial charge in [-0.1, -0.05) is 55.0 Å². The Bertz CT molecular complexity index is 556. The second-order valence-electron chi connectivity index (χ2n) is 5.54. The van der Waals surface area contributed by atoms with Crippen molar-refractivity contribution in [3.63, 3.8) is 0 Å². The van der Waals surface area contributed by atoms with Gasteiger partial charge in [0.15, 0.2) is 0 Å². The summed E-state index contributed by atoms with van der Waals surface area (Å²) in [6.07, 6.45) is 2.30. The molecule has 0 aromatic heterocycles. The van der Waals surface area contributed by atoms with E-state index >= 15 is 0 Å². The Hall–Kier alpha value is -1.76. The Morgan fingerprint density at radius 1 is 1.00 bits per heavy atom. The van der Waals surface area contributed by atoms with E-state index in [1.807, 2.05) is 0 Å². The number of anilines is 1. The number of rotatable bonds is 3. The second-order valence-corrected chi connectivity index (χ2v) is 5.54. The maximum absolute atomic E-state index is 3.67. The lowest BCUT2D eigenvalue weighted by Crippen LogP contribution is -2.21. The number of nitrogens with one attached hydrogen (secondary N) is 1. The first-order valence-electron chi connectivity index (χ1n) is 7.19. The van der Waals surface area contributed by atoms with Gasteiger partial charge in [0.25, 0.3) is 0 Å². The molecule has 2 aromatic rings. The molecule has 3 rings (SSSR count). The number of hydrogen-bond donors (Lipinski definition) is 1. The molecule has 1 aliphatic rings. The minimum absolute atomic E-state index is 0.568. The van der Waals surface area contributed by atoms with Crippen molar-refractivity contribution in [2.75, 3.05) is 5.32 Å². The Balaban J connectivity index is 1.88. The number of fused-ring (bicyclic) bond motifs is 1. The van der Waals surface area contributed by atoms with Crippen molar-refractivity contribution in [2.45, 2.75) is 38.6 Å². The van der Waals surface area contributed by atoms with Gasteiger partial charge in [-0.25, -0.2) is 0 Å². The molecule has 1 heteroatoms. The standard InChI is InChI=1S/C18H21N/c1-3-17-16(12-14-10-8-13(2)9-11-14)15-6-4-5-7-18(15)19-17/h4-11,16-17,19H,3,12H2,1-2H3. The highest BCUT2D eigenvalue weighted by Gasteiger charge is 2.30. The SMILES string of the molecule is CCC1Nc2ccccc2C1Cc1ccc(C)cc1. The summed E-state index contributed by atoms with van der Waals surface area (Å²) < 4.78 is 0. The van der Waals surface area contributed by atoms with Crippen LogP contribution in [0, 0.1) is 6.92 Å². The number of para-hydroxylation sites is 1. The van der Waals surface area contributed by atoms with Crippen LogP contribution in [0.1, 0.15) is 36.0 Å². The number of benzene rings is 2. The van der Waals surface area contributed by atoms with Crippen molar-refractivity contribution in [1.29, 1.82) is 0 Å². The molecule has 2 unspecified atom stereocenters. The van der Waals surface area contributed by atoms with E-state index in [-0.39, 0.29) is 0 Å². The van der Waals surface area contributed by atoms with Crippen molar-refractivity contribution in [3.8, 4) is 0 Å². The summed E-state index contributed by atoms with van der Waals surface area (Å²) in [5.74, 6) is 0.601. The van der Waals surface area contributed by atoms with Gasteiger partial charge in [-0.3, -0.25) is 0 Å². The lowest BCUT2D eigenvalue weighted by atomic mass is 9.87. The first kappa shape index (κ1) is 12.3. The van der Waals surface area contributed by atoms with Crippen molar-refractivity contribution in [3.05, 3.63) is 65.2 Å². The van der Waals surface area contributed by atoms with Crippen LogP contribution in [-0.4, -0.2) is 6.04 Å². The summed E-state index contributed by atoms with van der Waals surface area (Å²) in [5, 5.41) is 3.67. The van der Waals surface area contributed by atoms with Crippen molar-refractivity contribution >= 4 is 5.69 Å². The highest BCUT2D eigenvalue weighted by Crippen LogP contribution is 2.39. The van der Waals surface area contributed by atoms with Gasteiger partial charge < -0.3 is 5.32 Å². The van der Waals surface area contributed by atoms with Crippen molar-refractivity contribution in [2.24, 2.45) is 0 Å². The molecule has 19 heavy (non-hydrogen) atoms. The fourth-order valence-corrected chi connectivity index (χ4v) is 3.09. The zero-order valence-electron chi connectivity index (χ0n) is 11.7. The molecule has 1 heterocycles. The summed E-state index contributed by atoms with van der Waals surface area (Å²) in [5.41, 5.74) is 5.58. The summed E-state index contributed by atoms with van der Waals surface area (Å²) in [6, 6.07) is 18.3. The van der Waals surface area contributed by atoms with E-state index in [1.165, 1.54) is 28.8 Å². The van der Waals surface area contributed by atoms with Crippen molar-refractivity contribution < 1.29 is 0 Å². The van der Waals surface area contributed by atoms with Gasteiger partial charge >= 0.3 is 0 Å². The summed E-state index contributed by atoms with van der Waals surface area (Å²) in [4.78, 5) is 0. The average molecular weight is 251 g/mol. The zero-order valence-corrected chi connectivity index (χ0v) is 11.7. The summed E-state index contributed by atoms with van der Waals surface area (Å²) in [6.45, 7) is 4.41. The molecule has 0 amide bonds. The predicted molar refractivity (Wildman–Crippen MR) is 81.8 cm³/mol. The molecule has 2 aromatic carbocycles. The topological polar surface area (TPSA) is 12.0 Å². The molecule has 1 N–H and O–H groups in total. The molecule has 98 valence electrons. The van der Waals surface area contributed by atoms with E-state index in [0.717, 1.165) is 6.42 Å². The maximum Gasteiger partial charge on any atom is 0.0378 e. The molecule has 1 aliphatic heterocycles. The molecule has 0 radical (unpaired) electrons. The van der Waals surface area contributed by atoms with Gasteiger partial charge in [-0.2, -0.15) is 0 Å². The largest absolute Gasteiger partial charge is 0.381 e. The van der Waals surface area contributed by atoms with Gasteiger partial charge in [0.05, 0.1) is 0 Å². The predicted octanol–water partition coefficient (Wildman–Crippen LogP) is 4.53. The van der Waals surface area contributed by atoms with E-state index in [9.17, 15) is 0 Å². The first-order valence-corrected chi connectivity index (χ1v) is 7.19. The number of aryl methyl sites for hydroxylation is 1. The van der Waals surface area contributed by atoms with Crippen LogP contribution in [0.15, 0.2) is 48.5 Å². The molecular weight excluding hydrogens is 230 g/mol. The van der Waals surface area contributed by atoms with Crippen LogP contribution < -0.4 is 5.32 Å². The van der Waals surface area contributed by atoms with Crippen LogP contribution >= 0.6 is 0 Å². The summed E-state index contributed by atoms with van der Waals surface area (Å²) in [7, 11) is 0. The molecule has 0 saturated heterocycles. The highest BCUT2D eigenvalue weighted by atomic mass is 15.0. The Labute approximate surface area is 115 Å². The molecular formula is C18H21N. The second kappa shape index (κ2) is 5.08. The van der Waals surface area contributed by atoms with Crippen LogP contribution in [0.25, 0.3) is 0 Å². The normalized spacial score (nSPS) is 20.9. The zero-order chi connectivity index (χ0) is 13.2. The molecule has 0 fully saturated rings. The van der Waals surface area contributed by atoms with E-state index in [2.05, 4.69) is 67.7 Å². The third kappa shape index (κ3) is 2.37. The third-order valence-corrected chi connectivity index (χ3v) is 4.20.